The van der Waals surface area contributed by atoms with Gasteiger partial charge in [-0.2, -0.15) is 0 Å². The van der Waals surface area contributed by atoms with Crippen LogP contribution in [-0.4, -0.2) is 16.1 Å². The number of nitrogens with zero attached hydrogens (tertiary/aromatic N) is 2. The van der Waals surface area contributed by atoms with Gasteiger partial charge in [-0.25, -0.2) is 0 Å². The number of aromatic nitrogens is 2. The number of benzene rings is 1. The fourth-order valence-electron chi connectivity index (χ4n) is 2.65. The Kier molecular flexibility index (Phi) is 5.12. The van der Waals surface area contributed by atoms with E-state index in [1.165, 1.54) is 38.7 Å². The highest BCUT2D eigenvalue weighted by Crippen LogP contribution is 2.33. The third kappa shape index (κ3) is 3.33. The molecule has 0 aliphatic heterocycles. The Hall–Kier alpha value is -1.26. The molecule has 0 bridgehead atoms. The topological polar surface area (TPSA) is 37.8 Å². The molecule has 1 aromatic carbocycles. The lowest BCUT2D eigenvalue weighted by molar-refractivity contribution is 0.622. The normalized spacial score (nSPS) is 12.9. The zero-order chi connectivity index (χ0) is 15.6. The highest BCUT2D eigenvalue weighted by Gasteiger charge is 2.23. The summed E-state index contributed by atoms with van der Waals surface area (Å²) in [6.07, 6.45) is 0. The van der Waals surface area contributed by atoms with Crippen LogP contribution in [-0.2, 0) is 0 Å². The van der Waals surface area contributed by atoms with E-state index in [4.69, 9.17) is 0 Å². The molecule has 3 nitrogen and oxygen atoms in total. The molecule has 0 saturated carbocycles. The Morgan fingerprint density at radius 1 is 1.10 bits per heavy atom. The average Bonchev–Trinajstić information content (AvgIpc) is 2.90. The van der Waals surface area contributed by atoms with Crippen LogP contribution in [0.1, 0.15) is 65.6 Å². The number of aryl methyl sites for hydroxylation is 3. The van der Waals surface area contributed by atoms with E-state index < -0.39 is 0 Å². The van der Waals surface area contributed by atoms with Crippen LogP contribution in [0.5, 0.6) is 0 Å². The molecule has 114 valence electrons. The lowest BCUT2D eigenvalue weighted by Gasteiger charge is -2.22. The van der Waals surface area contributed by atoms with Gasteiger partial charge in [0.05, 0.1) is 16.6 Å². The summed E-state index contributed by atoms with van der Waals surface area (Å²) in [5, 5.41) is 7.96. The van der Waals surface area contributed by atoms with Crippen LogP contribution in [0, 0.1) is 20.8 Å². The first-order chi connectivity index (χ1) is 9.95. The summed E-state index contributed by atoms with van der Waals surface area (Å²) in [5.41, 5.74) is 6.46. The van der Waals surface area contributed by atoms with E-state index in [0.717, 1.165) is 12.2 Å². The molecule has 0 amide bonds. The molecule has 0 spiro atoms. The largest absolute Gasteiger partial charge is 0.306 e. The van der Waals surface area contributed by atoms with Gasteiger partial charge >= 0.3 is 0 Å². The van der Waals surface area contributed by atoms with Crippen molar-refractivity contribution in [3.63, 3.8) is 0 Å². The molecule has 1 unspecified atom stereocenters. The molecule has 2 aromatic rings. The Labute approximate surface area is 132 Å². The molecule has 1 atom stereocenters. The fraction of sp³-hybridized carbons (Fsp3) is 0.529. The Balaban J connectivity index is 2.53. The second kappa shape index (κ2) is 6.67. The summed E-state index contributed by atoms with van der Waals surface area (Å²) in [6, 6.07) is 4.77. The monoisotopic (exact) mass is 303 g/mol. The van der Waals surface area contributed by atoms with E-state index in [1.54, 1.807) is 0 Å². The minimum Gasteiger partial charge on any atom is -0.306 e. The summed E-state index contributed by atoms with van der Waals surface area (Å²) >= 11 is 1.52. The molecule has 21 heavy (non-hydrogen) atoms. The average molecular weight is 303 g/mol. The van der Waals surface area contributed by atoms with Crippen LogP contribution in [0.15, 0.2) is 12.1 Å². The summed E-state index contributed by atoms with van der Waals surface area (Å²) in [7, 11) is 0. The van der Waals surface area contributed by atoms with E-state index >= 15 is 0 Å². The number of hydrogen-bond acceptors (Lipinski definition) is 4. The molecular weight excluding hydrogens is 278 g/mol. The molecule has 2 rings (SSSR count). The maximum atomic E-state index is 4.34. The van der Waals surface area contributed by atoms with Crippen molar-refractivity contribution in [1.29, 1.82) is 0 Å². The van der Waals surface area contributed by atoms with Gasteiger partial charge in [-0.1, -0.05) is 37.4 Å². The van der Waals surface area contributed by atoms with E-state index in [9.17, 15) is 0 Å². The predicted octanol–water partition coefficient (Wildman–Crippen LogP) is 4.29. The first-order valence-electron chi connectivity index (χ1n) is 7.59. The van der Waals surface area contributed by atoms with Crippen LogP contribution in [0.25, 0.3) is 0 Å². The Bertz CT molecular complexity index is 616. The standard InChI is InChI=1S/C17H25N3S/c1-7-18-16(17-15(10(2)3)19-20-21-17)14-9-12(5)11(4)8-13(14)6/h8-10,16,18H,7H2,1-6H3. The van der Waals surface area contributed by atoms with Crippen molar-refractivity contribution >= 4 is 11.5 Å². The third-order valence-electron chi connectivity index (χ3n) is 3.95. The summed E-state index contributed by atoms with van der Waals surface area (Å²) in [4.78, 5) is 1.25. The van der Waals surface area contributed by atoms with Crippen LogP contribution in [0.2, 0.25) is 0 Å². The van der Waals surface area contributed by atoms with Gasteiger partial charge in [0, 0.05) is 0 Å². The zero-order valence-corrected chi connectivity index (χ0v) is 14.6. The molecule has 1 heterocycles. The molecule has 0 radical (unpaired) electrons. The maximum Gasteiger partial charge on any atom is 0.0832 e. The maximum absolute atomic E-state index is 4.34. The van der Waals surface area contributed by atoms with E-state index in [1.807, 2.05) is 0 Å². The summed E-state index contributed by atoms with van der Waals surface area (Å²) in [5.74, 6) is 0.395. The third-order valence-corrected chi connectivity index (χ3v) is 4.76. The molecule has 0 fully saturated rings. The molecule has 0 aliphatic rings. The molecular formula is C17H25N3S. The molecule has 1 aromatic heterocycles. The van der Waals surface area contributed by atoms with Gasteiger partial charge in [0.25, 0.3) is 0 Å². The van der Waals surface area contributed by atoms with Crippen molar-refractivity contribution in [3.05, 3.63) is 45.0 Å². The van der Waals surface area contributed by atoms with Crippen molar-refractivity contribution in [2.45, 2.75) is 53.5 Å². The Morgan fingerprint density at radius 3 is 2.38 bits per heavy atom. The smallest absolute Gasteiger partial charge is 0.0832 e. The summed E-state index contributed by atoms with van der Waals surface area (Å²) in [6.45, 7) is 14.0. The first kappa shape index (κ1) is 16.1. The molecule has 0 saturated heterocycles. The minimum atomic E-state index is 0.187. The van der Waals surface area contributed by atoms with Crippen molar-refractivity contribution in [2.24, 2.45) is 0 Å². The second-order valence-electron chi connectivity index (χ2n) is 5.96. The highest BCUT2D eigenvalue weighted by atomic mass is 32.1. The number of rotatable bonds is 5. The van der Waals surface area contributed by atoms with Gasteiger partial charge in [0.2, 0.25) is 0 Å². The van der Waals surface area contributed by atoms with Crippen molar-refractivity contribution in [1.82, 2.24) is 14.9 Å². The lowest BCUT2D eigenvalue weighted by atomic mass is 9.93. The van der Waals surface area contributed by atoms with E-state index in [-0.39, 0.29) is 6.04 Å². The minimum absolute atomic E-state index is 0.187. The first-order valence-corrected chi connectivity index (χ1v) is 8.36. The number of hydrogen-bond donors (Lipinski definition) is 1. The van der Waals surface area contributed by atoms with Crippen LogP contribution < -0.4 is 5.32 Å². The molecule has 1 N–H and O–H groups in total. The van der Waals surface area contributed by atoms with E-state index in [2.05, 4.69) is 68.6 Å². The summed E-state index contributed by atoms with van der Waals surface area (Å²) < 4.78 is 4.19. The quantitative estimate of drug-likeness (QED) is 0.895. The van der Waals surface area contributed by atoms with E-state index in [0.29, 0.717) is 5.92 Å². The van der Waals surface area contributed by atoms with Crippen molar-refractivity contribution in [3.8, 4) is 0 Å². The lowest BCUT2D eigenvalue weighted by Crippen LogP contribution is -2.23. The fourth-order valence-corrected chi connectivity index (χ4v) is 3.55. The van der Waals surface area contributed by atoms with Crippen molar-refractivity contribution in [2.75, 3.05) is 6.54 Å². The Morgan fingerprint density at radius 2 is 1.76 bits per heavy atom. The predicted molar refractivity (Wildman–Crippen MR) is 90.2 cm³/mol. The van der Waals surface area contributed by atoms with Gasteiger partial charge in [0.15, 0.2) is 0 Å². The number of nitrogens with one attached hydrogen (secondary N) is 1. The highest BCUT2D eigenvalue weighted by molar-refractivity contribution is 7.05. The van der Waals surface area contributed by atoms with Crippen LogP contribution >= 0.6 is 11.5 Å². The van der Waals surface area contributed by atoms with Crippen LogP contribution in [0.4, 0.5) is 0 Å². The molecule has 0 aliphatic carbocycles. The van der Waals surface area contributed by atoms with Crippen LogP contribution in [0.3, 0.4) is 0 Å². The zero-order valence-electron chi connectivity index (χ0n) is 13.8. The van der Waals surface area contributed by atoms with Gasteiger partial charge in [-0.05, 0) is 67.0 Å². The van der Waals surface area contributed by atoms with Gasteiger partial charge in [-0.15, -0.1) is 5.10 Å². The SMILES string of the molecule is CCNC(c1cc(C)c(C)cc1C)c1snnc1C(C)C. The van der Waals surface area contributed by atoms with Gasteiger partial charge in [-0.3, -0.25) is 0 Å². The van der Waals surface area contributed by atoms with Gasteiger partial charge in [0.1, 0.15) is 0 Å². The molecule has 4 heteroatoms. The van der Waals surface area contributed by atoms with Gasteiger partial charge < -0.3 is 5.32 Å². The van der Waals surface area contributed by atoms with Crippen molar-refractivity contribution < 1.29 is 0 Å². The second-order valence-corrected chi connectivity index (χ2v) is 6.75.